The molecule has 3 aromatic rings. The summed E-state index contributed by atoms with van der Waals surface area (Å²) in [6.45, 7) is 7.22. The largest absolute Gasteiger partial charge is 0.485 e. The van der Waals surface area contributed by atoms with E-state index in [0.717, 1.165) is 44.2 Å². The minimum Gasteiger partial charge on any atom is -0.485 e. The first-order valence-corrected chi connectivity index (χ1v) is 9.21. The molecular formula is C19H22FN5O3. The fourth-order valence-corrected chi connectivity index (χ4v) is 3.11. The number of aromatic nitrogens is 3. The van der Waals surface area contributed by atoms with Crippen LogP contribution in [-0.2, 0) is 19.7 Å². The van der Waals surface area contributed by atoms with Crippen LogP contribution in [0.1, 0.15) is 23.2 Å². The van der Waals surface area contributed by atoms with Gasteiger partial charge in [0, 0.05) is 38.8 Å². The molecule has 0 aliphatic carbocycles. The van der Waals surface area contributed by atoms with Crippen LogP contribution in [0.2, 0.25) is 0 Å². The maximum absolute atomic E-state index is 12.9. The highest BCUT2D eigenvalue weighted by Gasteiger charge is 2.20. The van der Waals surface area contributed by atoms with E-state index in [4.69, 9.17) is 13.8 Å². The molecule has 1 aliphatic heterocycles. The van der Waals surface area contributed by atoms with Gasteiger partial charge in [-0.3, -0.25) is 9.80 Å². The Morgan fingerprint density at radius 2 is 1.71 bits per heavy atom. The smallest absolute Gasteiger partial charge is 0.240 e. The molecule has 0 bridgehead atoms. The summed E-state index contributed by atoms with van der Waals surface area (Å²) in [5, 5.41) is 8.00. The Bertz CT molecular complexity index is 887. The molecule has 0 unspecified atom stereocenters. The van der Waals surface area contributed by atoms with Gasteiger partial charge in [-0.1, -0.05) is 10.3 Å². The second kappa shape index (κ2) is 8.49. The first-order chi connectivity index (χ1) is 13.6. The molecule has 3 heterocycles. The SMILES string of the molecule is Cc1cc(CN2CCN(Cc3nc(COc4ccc(F)cc4)no3)CC2)no1. The van der Waals surface area contributed by atoms with Crippen molar-refractivity contribution < 1.29 is 18.2 Å². The number of piperazine rings is 1. The highest BCUT2D eigenvalue weighted by Crippen LogP contribution is 2.14. The molecule has 1 fully saturated rings. The summed E-state index contributed by atoms with van der Waals surface area (Å²) >= 11 is 0. The summed E-state index contributed by atoms with van der Waals surface area (Å²) in [4.78, 5) is 9.00. The average molecular weight is 387 g/mol. The van der Waals surface area contributed by atoms with E-state index in [1.165, 1.54) is 12.1 Å². The number of benzene rings is 1. The van der Waals surface area contributed by atoms with Crippen LogP contribution in [0.15, 0.2) is 39.4 Å². The number of aryl methyl sites for hydroxylation is 1. The van der Waals surface area contributed by atoms with Crippen LogP contribution in [0.4, 0.5) is 4.39 Å². The molecule has 1 aromatic carbocycles. The van der Waals surface area contributed by atoms with Gasteiger partial charge < -0.3 is 13.8 Å². The minimum atomic E-state index is -0.301. The zero-order valence-electron chi connectivity index (χ0n) is 15.7. The van der Waals surface area contributed by atoms with Crippen molar-refractivity contribution in [3.05, 3.63) is 59.3 Å². The lowest BCUT2D eigenvalue weighted by Crippen LogP contribution is -2.45. The summed E-state index contributed by atoms with van der Waals surface area (Å²) in [6.07, 6.45) is 0. The summed E-state index contributed by atoms with van der Waals surface area (Å²) in [6, 6.07) is 7.80. The highest BCUT2D eigenvalue weighted by molar-refractivity contribution is 5.22. The lowest BCUT2D eigenvalue weighted by atomic mass is 10.3. The van der Waals surface area contributed by atoms with Crippen molar-refractivity contribution in [2.45, 2.75) is 26.6 Å². The molecule has 28 heavy (non-hydrogen) atoms. The zero-order chi connectivity index (χ0) is 19.3. The molecule has 4 rings (SSSR count). The van der Waals surface area contributed by atoms with Crippen molar-refractivity contribution in [1.29, 1.82) is 0 Å². The van der Waals surface area contributed by atoms with E-state index in [0.29, 0.717) is 24.0 Å². The monoisotopic (exact) mass is 387 g/mol. The quantitative estimate of drug-likeness (QED) is 0.611. The predicted octanol–water partition coefficient (Wildman–Crippen LogP) is 2.40. The van der Waals surface area contributed by atoms with Crippen LogP contribution in [-0.4, -0.2) is 51.3 Å². The van der Waals surface area contributed by atoms with Gasteiger partial charge in [0.2, 0.25) is 11.7 Å². The van der Waals surface area contributed by atoms with E-state index in [9.17, 15) is 4.39 Å². The van der Waals surface area contributed by atoms with Gasteiger partial charge in [0.1, 0.15) is 17.3 Å². The molecule has 148 valence electrons. The van der Waals surface area contributed by atoms with Crippen molar-refractivity contribution in [2.75, 3.05) is 26.2 Å². The topological polar surface area (TPSA) is 80.7 Å². The summed E-state index contributed by atoms with van der Waals surface area (Å²) in [5.41, 5.74) is 0.966. The first kappa shape index (κ1) is 18.6. The fourth-order valence-electron chi connectivity index (χ4n) is 3.11. The normalized spacial score (nSPS) is 15.8. The Labute approximate surface area is 161 Å². The van der Waals surface area contributed by atoms with Crippen LogP contribution in [0.25, 0.3) is 0 Å². The van der Waals surface area contributed by atoms with Crippen LogP contribution >= 0.6 is 0 Å². The fraction of sp³-hybridized carbons (Fsp3) is 0.421. The number of halogens is 1. The third kappa shape index (κ3) is 4.93. The van der Waals surface area contributed by atoms with E-state index in [2.05, 4.69) is 25.1 Å². The molecule has 0 radical (unpaired) electrons. The molecule has 0 N–H and O–H groups in total. The molecule has 1 saturated heterocycles. The molecule has 0 amide bonds. The molecule has 0 atom stereocenters. The van der Waals surface area contributed by atoms with Gasteiger partial charge in [-0.05, 0) is 31.2 Å². The average Bonchev–Trinajstić information content (AvgIpc) is 3.32. The Balaban J connectivity index is 1.21. The van der Waals surface area contributed by atoms with E-state index in [1.807, 2.05) is 13.0 Å². The van der Waals surface area contributed by atoms with E-state index in [1.54, 1.807) is 12.1 Å². The van der Waals surface area contributed by atoms with Crippen molar-refractivity contribution in [3.63, 3.8) is 0 Å². The standard InChI is InChI=1S/C19H22FN5O3/c1-14-10-16(22-27-14)11-24-6-8-25(9-7-24)12-19-21-18(23-28-19)13-26-17-4-2-15(20)3-5-17/h2-5,10H,6-9,11-13H2,1H3. The molecule has 8 nitrogen and oxygen atoms in total. The van der Waals surface area contributed by atoms with E-state index in [-0.39, 0.29) is 12.4 Å². The lowest BCUT2D eigenvalue weighted by molar-refractivity contribution is 0.110. The van der Waals surface area contributed by atoms with Crippen LogP contribution in [0, 0.1) is 12.7 Å². The number of ether oxygens (including phenoxy) is 1. The number of hydrogen-bond acceptors (Lipinski definition) is 8. The van der Waals surface area contributed by atoms with Crippen molar-refractivity contribution in [1.82, 2.24) is 25.1 Å². The third-order valence-electron chi connectivity index (χ3n) is 4.58. The Morgan fingerprint density at radius 3 is 2.39 bits per heavy atom. The number of hydrogen-bond donors (Lipinski definition) is 0. The van der Waals surface area contributed by atoms with Crippen molar-refractivity contribution >= 4 is 0 Å². The maximum atomic E-state index is 12.9. The predicted molar refractivity (Wildman–Crippen MR) is 96.8 cm³/mol. The van der Waals surface area contributed by atoms with Gasteiger partial charge in [0.05, 0.1) is 12.2 Å². The third-order valence-corrected chi connectivity index (χ3v) is 4.58. The van der Waals surface area contributed by atoms with Gasteiger partial charge in [0.25, 0.3) is 0 Å². The molecule has 9 heteroatoms. The molecular weight excluding hydrogens is 365 g/mol. The van der Waals surface area contributed by atoms with Gasteiger partial charge >= 0.3 is 0 Å². The maximum Gasteiger partial charge on any atom is 0.240 e. The van der Waals surface area contributed by atoms with E-state index < -0.39 is 0 Å². The van der Waals surface area contributed by atoms with Gasteiger partial charge in [-0.15, -0.1) is 0 Å². The summed E-state index contributed by atoms with van der Waals surface area (Å²) in [5.74, 6) is 2.14. The Morgan fingerprint density at radius 1 is 1.00 bits per heavy atom. The van der Waals surface area contributed by atoms with Gasteiger partial charge in [-0.2, -0.15) is 4.98 Å². The summed E-state index contributed by atoms with van der Waals surface area (Å²) in [7, 11) is 0. The van der Waals surface area contributed by atoms with Crippen molar-refractivity contribution in [2.24, 2.45) is 0 Å². The van der Waals surface area contributed by atoms with Crippen LogP contribution in [0.5, 0.6) is 5.75 Å². The first-order valence-electron chi connectivity index (χ1n) is 9.21. The molecule has 1 aliphatic rings. The Kier molecular flexibility index (Phi) is 5.63. The number of nitrogens with zero attached hydrogens (tertiary/aromatic N) is 5. The van der Waals surface area contributed by atoms with Crippen LogP contribution < -0.4 is 4.74 Å². The number of rotatable bonds is 7. The molecule has 0 spiro atoms. The second-order valence-electron chi connectivity index (χ2n) is 6.83. The molecule has 2 aromatic heterocycles. The van der Waals surface area contributed by atoms with E-state index >= 15 is 0 Å². The van der Waals surface area contributed by atoms with Gasteiger partial charge in [-0.25, -0.2) is 4.39 Å². The Hall–Kier alpha value is -2.78. The zero-order valence-corrected chi connectivity index (χ0v) is 15.7. The molecule has 0 saturated carbocycles. The van der Waals surface area contributed by atoms with Gasteiger partial charge in [0.15, 0.2) is 6.61 Å². The summed E-state index contributed by atoms with van der Waals surface area (Å²) < 4.78 is 28.9. The van der Waals surface area contributed by atoms with Crippen LogP contribution in [0.3, 0.4) is 0 Å². The lowest BCUT2D eigenvalue weighted by Gasteiger charge is -2.33. The highest BCUT2D eigenvalue weighted by atomic mass is 19.1. The van der Waals surface area contributed by atoms with Crippen molar-refractivity contribution in [3.8, 4) is 5.75 Å². The second-order valence-corrected chi connectivity index (χ2v) is 6.83. The minimum absolute atomic E-state index is 0.181.